The largest absolute Gasteiger partial charge is 0.378 e. The molecule has 9 heavy (non-hydrogen) atoms. The van der Waals surface area contributed by atoms with E-state index in [4.69, 9.17) is 10.2 Å². The molecule has 3 aliphatic rings. The van der Waals surface area contributed by atoms with Gasteiger partial charge in [-0.2, -0.15) is 0 Å². The van der Waals surface area contributed by atoms with Crippen LogP contribution in [0, 0.1) is 11.8 Å². The number of hydrogen-bond donors (Lipinski definition) is 3. The lowest BCUT2D eigenvalue weighted by Crippen LogP contribution is -2.59. The number of rotatable bonds is 0. The molecule has 0 aromatic heterocycles. The lowest BCUT2D eigenvalue weighted by atomic mass is 9.70. The molecule has 0 aromatic carbocycles. The maximum atomic E-state index is 9.11. The number of fused-ring (bicyclic) bond motifs is 2. The Balaban J connectivity index is 2.04. The highest BCUT2D eigenvalue weighted by molar-refractivity contribution is 4.92. The normalized spacial score (nSPS) is 56.7. The molecule has 1 saturated carbocycles. The van der Waals surface area contributed by atoms with Crippen LogP contribution in [-0.4, -0.2) is 22.7 Å². The summed E-state index contributed by atoms with van der Waals surface area (Å²) in [6.07, 6.45) is 1.08. The maximum absolute atomic E-state index is 9.11. The second-order valence-electron chi connectivity index (χ2n) is 3.05. The van der Waals surface area contributed by atoms with Crippen LogP contribution < -0.4 is 5.32 Å². The lowest BCUT2D eigenvalue weighted by molar-refractivity contribution is -0.132. The number of piperidine rings is 2. The van der Waals surface area contributed by atoms with Gasteiger partial charge in [0.1, 0.15) is 12.5 Å². The van der Waals surface area contributed by atoms with Crippen molar-refractivity contribution in [1.82, 2.24) is 5.32 Å². The third-order valence-electron chi connectivity index (χ3n) is 2.45. The highest BCUT2D eigenvalue weighted by Gasteiger charge is 2.44. The minimum atomic E-state index is -0.454. The van der Waals surface area contributed by atoms with Crippen LogP contribution in [0.5, 0.6) is 0 Å². The molecule has 2 unspecified atom stereocenters. The predicted molar refractivity (Wildman–Crippen MR) is 31.4 cm³/mol. The van der Waals surface area contributed by atoms with Gasteiger partial charge in [0.05, 0.1) is 0 Å². The van der Waals surface area contributed by atoms with Crippen molar-refractivity contribution in [2.45, 2.75) is 25.3 Å². The summed E-state index contributed by atoms with van der Waals surface area (Å²) in [5.74, 6) is 0.830. The molecule has 3 rings (SSSR count). The third kappa shape index (κ3) is 0.689. The molecule has 3 nitrogen and oxygen atoms in total. The SMILES string of the molecule is OC1NC(O)C2CC1C2. The van der Waals surface area contributed by atoms with Gasteiger partial charge >= 0.3 is 0 Å². The number of hydrogen-bond acceptors (Lipinski definition) is 3. The first-order valence-corrected chi connectivity index (χ1v) is 3.39. The van der Waals surface area contributed by atoms with Crippen LogP contribution >= 0.6 is 0 Å². The zero-order valence-corrected chi connectivity index (χ0v) is 5.12. The van der Waals surface area contributed by atoms with Gasteiger partial charge in [-0.25, -0.2) is 0 Å². The molecule has 52 valence electrons. The summed E-state index contributed by atoms with van der Waals surface area (Å²) in [6, 6.07) is 0. The molecule has 2 atom stereocenters. The van der Waals surface area contributed by atoms with Gasteiger partial charge in [0.25, 0.3) is 0 Å². The Bertz CT molecular complexity index is 110. The van der Waals surface area contributed by atoms with E-state index in [0.29, 0.717) is 11.8 Å². The summed E-state index contributed by atoms with van der Waals surface area (Å²) >= 11 is 0. The highest BCUT2D eigenvalue weighted by atomic mass is 16.3. The van der Waals surface area contributed by atoms with E-state index in [9.17, 15) is 0 Å². The van der Waals surface area contributed by atoms with Gasteiger partial charge in [-0.3, -0.25) is 5.32 Å². The zero-order valence-electron chi connectivity index (χ0n) is 5.12. The van der Waals surface area contributed by atoms with E-state index in [1.807, 2.05) is 0 Å². The third-order valence-corrected chi connectivity index (χ3v) is 2.45. The minimum Gasteiger partial charge on any atom is -0.378 e. The molecule has 2 aliphatic heterocycles. The molecule has 3 heteroatoms. The van der Waals surface area contributed by atoms with Crippen molar-refractivity contribution in [3.63, 3.8) is 0 Å². The molecule has 0 radical (unpaired) electrons. The highest BCUT2D eigenvalue weighted by Crippen LogP contribution is 2.40. The van der Waals surface area contributed by atoms with Crippen molar-refractivity contribution in [2.24, 2.45) is 11.8 Å². The summed E-state index contributed by atoms with van der Waals surface area (Å²) in [7, 11) is 0. The van der Waals surface area contributed by atoms with E-state index in [0.717, 1.165) is 12.8 Å². The molecule has 2 saturated heterocycles. The van der Waals surface area contributed by atoms with Gasteiger partial charge in [-0.1, -0.05) is 0 Å². The standard InChI is InChI=1S/C6H11NO2/c8-5-3-1-4(2-3)6(9)7-5/h3-9H,1-2H2. The monoisotopic (exact) mass is 129 g/mol. The van der Waals surface area contributed by atoms with Crippen molar-refractivity contribution < 1.29 is 10.2 Å². The molecule has 2 heterocycles. The van der Waals surface area contributed by atoms with Crippen LogP contribution in [0.1, 0.15) is 12.8 Å². The van der Waals surface area contributed by atoms with Crippen molar-refractivity contribution in [1.29, 1.82) is 0 Å². The van der Waals surface area contributed by atoms with E-state index in [2.05, 4.69) is 5.32 Å². The molecular weight excluding hydrogens is 118 g/mol. The molecular formula is C6H11NO2. The van der Waals surface area contributed by atoms with E-state index in [-0.39, 0.29) is 0 Å². The second kappa shape index (κ2) is 1.68. The second-order valence-corrected chi connectivity index (χ2v) is 3.05. The predicted octanol–water partition coefficient (Wildman–Crippen LogP) is -0.747. The fourth-order valence-corrected chi connectivity index (χ4v) is 1.67. The van der Waals surface area contributed by atoms with Crippen LogP contribution in [0.2, 0.25) is 0 Å². The lowest BCUT2D eigenvalue weighted by Gasteiger charge is -2.47. The van der Waals surface area contributed by atoms with Crippen molar-refractivity contribution in [3.8, 4) is 0 Å². The summed E-state index contributed by atoms with van der Waals surface area (Å²) in [5, 5.41) is 20.9. The summed E-state index contributed by atoms with van der Waals surface area (Å²) < 4.78 is 0. The molecule has 3 N–H and O–H groups in total. The average molecular weight is 129 g/mol. The van der Waals surface area contributed by atoms with E-state index in [1.54, 1.807) is 0 Å². The van der Waals surface area contributed by atoms with Gasteiger partial charge in [-0.15, -0.1) is 0 Å². The fourth-order valence-electron chi connectivity index (χ4n) is 1.67. The molecule has 3 fully saturated rings. The first-order valence-electron chi connectivity index (χ1n) is 3.39. The maximum Gasteiger partial charge on any atom is 0.109 e. The first-order chi connectivity index (χ1) is 4.27. The Morgan fingerprint density at radius 2 is 1.44 bits per heavy atom. The Kier molecular flexibility index (Phi) is 1.06. The number of nitrogens with one attached hydrogen (secondary N) is 1. The Morgan fingerprint density at radius 1 is 1.00 bits per heavy atom. The van der Waals surface area contributed by atoms with Gasteiger partial charge in [0, 0.05) is 0 Å². The van der Waals surface area contributed by atoms with Gasteiger partial charge < -0.3 is 10.2 Å². The smallest absolute Gasteiger partial charge is 0.109 e. The molecule has 0 aromatic rings. The van der Waals surface area contributed by atoms with Crippen LogP contribution in [0.15, 0.2) is 0 Å². The minimum absolute atomic E-state index is 0.415. The Hall–Kier alpha value is -0.120. The van der Waals surface area contributed by atoms with Crippen molar-refractivity contribution in [2.75, 3.05) is 0 Å². The van der Waals surface area contributed by atoms with E-state index < -0.39 is 12.5 Å². The van der Waals surface area contributed by atoms with Crippen LogP contribution in [-0.2, 0) is 0 Å². The van der Waals surface area contributed by atoms with Crippen LogP contribution in [0.3, 0.4) is 0 Å². The summed E-state index contributed by atoms with van der Waals surface area (Å²) in [6.45, 7) is 0. The topological polar surface area (TPSA) is 52.5 Å². The van der Waals surface area contributed by atoms with Crippen LogP contribution in [0.4, 0.5) is 0 Å². The van der Waals surface area contributed by atoms with Crippen LogP contribution in [0.25, 0.3) is 0 Å². The molecule has 2 bridgehead atoms. The Morgan fingerprint density at radius 3 is 1.67 bits per heavy atom. The Labute approximate surface area is 53.7 Å². The summed E-state index contributed by atoms with van der Waals surface area (Å²) in [4.78, 5) is 0. The van der Waals surface area contributed by atoms with E-state index in [1.165, 1.54) is 0 Å². The summed E-state index contributed by atoms with van der Waals surface area (Å²) in [5.41, 5.74) is 0. The molecule has 0 spiro atoms. The van der Waals surface area contributed by atoms with Crippen molar-refractivity contribution >= 4 is 0 Å². The van der Waals surface area contributed by atoms with Gasteiger partial charge in [-0.05, 0) is 24.7 Å². The van der Waals surface area contributed by atoms with E-state index >= 15 is 0 Å². The van der Waals surface area contributed by atoms with Gasteiger partial charge in [0.2, 0.25) is 0 Å². The number of aliphatic hydroxyl groups excluding tert-OH is 2. The van der Waals surface area contributed by atoms with Gasteiger partial charge in [0.15, 0.2) is 0 Å². The molecule has 1 aliphatic carbocycles. The number of aliphatic hydroxyl groups is 2. The first kappa shape index (κ1) is 5.65. The van der Waals surface area contributed by atoms with Crippen molar-refractivity contribution in [3.05, 3.63) is 0 Å². The molecule has 0 amide bonds. The average Bonchev–Trinajstić information content (AvgIpc) is 1.57. The zero-order chi connectivity index (χ0) is 6.43. The fraction of sp³-hybridized carbons (Fsp3) is 1.00. The quantitative estimate of drug-likeness (QED) is 0.403.